The van der Waals surface area contributed by atoms with E-state index in [2.05, 4.69) is 12.1 Å². The Morgan fingerprint density at radius 3 is 2.67 bits per heavy atom. The normalized spacial score (nSPS) is 16.3. The maximum absolute atomic E-state index is 12.1. The number of carboxylic acids is 1. The molecule has 0 spiro atoms. The molecule has 2 rings (SSSR count). The van der Waals surface area contributed by atoms with Crippen molar-refractivity contribution in [3.05, 3.63) is 34.9 Å². The van der Waals surface area contributed by atoms with Gasteiger partial charge in [-0.1, -0.05) is 18.2 Å². The molecule has 4 heteroatoms. The highest BCUT2D eigenvalue weighted by molar-refractivity contribution is 7.86. The third kappa shape index (κ3) is 2.48. The van der Waals surface area contributed by atoms with Crippen LogP contribution >= 0.6 is 0 Å². The van der Waals surface area contributed by atoms with Crippen LogP contribution in [0, 0.1) is 0 Å². The Morgan fingerprint density at radius 2 is 2.00 bits per heavy atom. The van der Waals surface area contributed by atoms with E-state index in [1.165, 1.54) is 31.4 Å². The van der Waals surface area contributed by atoms with Crippen LogP contribution in [0.15, 0.2) is 18.2 Å². The van der Waals surface area contributed by atoms with Crippen molar-refractivity contribution in [2.45, 2.75) is 43.6 Å². The van der Waals surface area contributed by atoms with Crippen molar-refractivity contribution in [1.29, 1.82) is 0 Å². The van der Waals surface area contributed by atoms with Crippen LogP contribution in [0.5, 0.6) is 0 Å². The lowest BCUT2D eigenvalue weighted by atomic mass is 10.1. The number of hydrogen-bond donors (Lipinski definition) is 1. The van der Waals surface area contributed by atoms with Crippen molar-refractivity contribution >= 4 is 16.8 Å². The lowest BCUT2D eigenvalue weighted by molar-refractivity contribution is -0.139. The summed E-state index contributed by atoms with van der Waals surface area (Å²) >= 11 is 0. The zero-order chi connectivity index (χ0) is 13.3. The first-order chi connectivity index (χ1) is 8.41. The molecule has 0 saturated carbocycles. The van der Waals surface area contributed by atoms with Crippen LogP contribution in [0.2, 0.25) is 0 Å². The van der Waals surface area contributed by atoms with Gasteiger partial charge in [0.25, 0.3) is 0 Å². The molecule has 0 amide bonds. The van der Waals surface area contributed by atoms with Gasteiger partial charge in [0.2, 0.25) is 0 Å². The van der Waals surface area contributed by atoms with Crippen molar-refractivity contribution in [1.82, 2.24) is 0 Å². The molecule has 98 valence electrons. The number of carbonyl (C=O) groups is 1. The summed E-state index contributed by atoms with van der Waals surface area (Å²) in [6, 6.07) is 6.14. The van der Waals surface area contributed by atoms with Gasteiger partial charge in [0.1, 0.15) is 4.75 Å². The van der Waals surface area contributed by atoms with Gasteiger partial charge in [0, 0.05) is 16.6 Å². The van der Waals surface area contributed by atoms with Crippen LogP contribution in [-0.2, 0) is 34.2 Å². The third-order valence-electron chi connectivity index (χ3n) is 3.54. The molecule has 1 aliphatic carbocycles. The van der Waals surface area contributed by atoms with Gasteiger partial charge in [-0.3, -0.25) is 9.00 Å². The Labute approximate surface area is 110 Å². The highest BCUT2D eigenvalue weighted by atomic mass is 32.2. The van der Waals surface area contributed by atoms with Gasteiger partial charge in [-0.2, -0.15) is 0 Å². The minimum Gasteiger partial charge on any atom is -0.480 e. The molecule has 0 bridgehead atoms. The summed E-state index contributed by atoms with van der Waals surface area (Å²) < 4.78 is 10.9. The summed E-state index contributed by atoms with van der Waals surface area (Å²) in [5.74, 6) is -0.700. The highest BCUT2D eigenvalue weighted by Crippen LogP contribution is 2.25. The number of aryl methyl sites for hydroxylation is 2. The summed E-state index contributed by atoms with van der Waals surface area (Å²) in [6.45, 7) is 3.03. The second kappa shape index (κ2) is 4.84. The lowest BCUT2D eigenvalue weighted by Gasteiger charge is -2.18. The fraction of sp³-hybridized carbons (Fsp3) is 0.500. The van der Waals surface area contributed by atoms with E-state index in [4.69, 9.17) is 5.11 Å². The van der Waals surface area contributed by atoms with E-state index >= 15 is 0 Å². The van der Waals surface area contributed by atoms with E-state index in [1.807, 2.05) is 6.07 Å². The molecule has 18 heavy (non-hydrogen) atoms. The first-order valence-electron chi connectivity index (χ1n) is 6.14. The van der Waals surface area contributed by atoms with E-state index in [9.17, 15) is 9.00 Å². The van der Waals surface area contributed by atoms with E-state index in [-0.39, 0.29) is 0 Å². The highest BCUT2D eigenvalue weighted by Gasteiger charge is 2.34. The van der Waals surface area contributed by atoms with Crippen LogP contribution in [0.4, 0.5) is 0 Å². The topological polar surface area (TPSA) is 54.4 Å². The fourth-order valence-corrected chi connectivity index (χ4v) is 3.18. The minimum atomic E-state index is -1.41. The zero-order valence-corrected chi connectivity index (χ0v) is 11.5. The van der Waals surface area contributed by atoms with E-state index < -0.39 is 21.5 Å². The molecule has 0 radical (unpaired) electrons. The van der Waals surface area contributed by atoms with Gasteiger partial charge in [0.15, 0.2) is 0 Å². The van der Waals surface area contributed by atoms with Crippen LogP contribution in [0.3, 0.4) is 0 Å². The zero-order valence-electron chi connectivity index (χ0n) is 10.7. The number of hydrogen-bond acceptors (Lipinski definition) is 2. The Bertz CT molecular complexity index is 506. The van der Waals surface area contributed by atoms with Gasteiger partial charge in [-0.25, -0.2) is 0 Å². The molecule has 0 saturated heterocycles. The van der Waals surface area contributed by atoms with E-state index in [1.54, 1.807) is 0 Å². The largest absolute Gasteiger partial charge is 0.480 e. The van der Waals surface area contributed by atoms with E-state index in [0.29, 0.717) is 5.75 Å². The molecule has 0 heterocycles. The van der Waals surface area contributed by atoms with Crippen LogP contribution < -0.4 is 0 Å². The van der Waals surface area contributed by atoms with Crippen molar-refractivity contribution in [2.75, 3.05) is 0 Å². The van der Waals surface area contributed by atoms with Gasteiger partial charge >= 0.3 is 5.97 Å². The number of rotatable bonds is 4. The maximum atomic E-state index is 12.1. The molecular formula is C14H18O3S. The number of benzene rings is 1. The third-order valence-corrected chi connectivity index (χ3v) is 5.45. The predicted molar refractivity (Wildman–Crippen MR) is 72.0 cm³/mol. The van der Waals surface area contributed by atoms with Crippen molar-refractivity contribution in [3.8, 4) is 0 Å². The molecule has 1 atom stereocenters. The Kier molecular flexibility index (Phi) is 3.57. The smallest absolute Gasteiger partial charge is 0.321 e. The van der Waals surface area contributed by atoms with Gasteiger partial charge in [0.05, 0.1) is 0 Å². The molecule has 1 N–H and O–H groups in total. The molecule has 1 aromatic carbocycles. The Hall–Kier alpha value is -1.16. The molecule has 1 unspecified atom stereocenters. The number of carboxylic acid groups (broad SMARTS) is 1. The standard InChI is InChI=1S/C14H18O3S/c1-14(2,13(15)16)18(17)9-10-6-7-11-4-3-5-12(11)8-10/h6-8H,3-5,9H2,1-2H3,(H,15,16). The molecule has 0 aliphatic heterocycles. The molecular weight excluding hydrogens is 248 g/mol. The monoisotopic (exact) mass is 266 g/mol. The van der Waals surface area contributed by atoms with Crippen molar-refractivity contribution < 1.29 is 14.1 Å². The number of fused-ring (bicyclic) bond motifs is 1. The SMILES string of the molecule is CC(C)(C(=O)O)S(=O)Cc1ccc2c(c1)CCC2. The Balaban J connectivity index is 2.15. The number of aliphatic carboxylic acids is 1. The molecule has 0 aromatic heterocycles. The second-order valence-corrected chi connectivity index (χ2v) is 7.26. The van der Waals surface area contributed by atoms with Gasteiger partial charge < -0.3 is 5.11 Å². The second-order valence-electron chi connectivity index (χ2n) is 5.26. The van der Waals surface area contributed by atoms with Crippen LogP contribution in [-0.4, -0.2) is 20.0 Å². The van der Waals surface area contributed by atoms with E-state index in [0.717, 1.165) is 18.4 Å². The lowest BCUT2D eigenvalue weighted by Crippen LogP contribution is -2.37. The minimum absolute atomic E-state index is 0.312. The summed E-state index contributed by atoms with van der Waals surface area (Å²) in [6.07, 6.45) is 3.39. The molecule has 1 aromatic rings. The average molecular weight is 266 g/mol. The Morgan fingerprint density at radius 1 is 1.33 bits per heavy atom. The van der Waals surface area contributed by atoms with Gasteiger partial charge in [-0.05, 0) is 49.8 Å². The molecule has 1 aliphatic rings. The first kappa shape index (κ1) is 13.3. The van der Waals surface area contributed by atoms with Crippen molar-refractivity contribution in [3.63, 3.8) is 0 Å². The average Bonchev–Trinajstić information content (AvgIpc) is 2.75. The van der Waals surface area contributed by atoms with Gasteiger partial charge in [-0.15, -0.1) is 0 Å². The van der Waals surface area contributed by atoms with Crippen LogP contribution in [0.25, 0.3) is 0 Å². The first-order valence-corrected chi connectivity index (χ1v) is 7.45. The van der Waals surface area contributed by atoms with Crippen LogP contribution in [0.1, 0.15) is 37.0 Å². The quantitative estimate of drug-likeness (QED) is 0.909. The predicted octanol–water partition coefficient (Wildman–Crippen LogP) is 2.29. The summed E-state index contributed by atoms with van der Waals surface area (Å²) in [5, 5.41) is 9.05. The fourth-order valence-electron chi connectivity index (χ4n) is 2.14. The summed E-state index contributed by atoms with van der Waals surface area (Å²) in [4.78, 5) is 11.0. The van der Waals surface area contributed by atoms with Crippen molar-refractivity contribution in [2.24, 2.45) is 0 Å². The summed E-state index contributed by atoms with van der Waals surface area (Å²) in [7, 11) is -1.41. The molecule has 0 fully saturated rings. The maximum Gasteiger partial charge on any atom is 0.321 e. The molecule has 3 nitrogen and oxygen atoms in total. The summed E-state index contributed by atoms with van der Waals surface area (Å²) in [5.41, 5.74) is 3.68.